The number of nitrogens with zero attached hydrogens (tertiary/aromatic N) is 3. The number of aromatic nitrogens is 2. The zero-order valence-electron chi connectivity index (χ0n) is 16.0. The molecule has 8 nitrogen and oxygen atoms in total. The maximum atomic E-state index is 13.0. The van der Waals surface area contributed by atoms with Crippen LogP contribution in [-0.2, 0) is 21.2 Å². The first-order chi connectivity index (χ1) is 14.0. The summed E-state index contributed by atoms with van der Waals surface area (Å²) in [5.41, 5.74) is 0. The molecule has 1 atom stereocenters. The van der Waals surface area contributed by atoms with Crippen molar-refractivity contribution in [2.75, 3.05) is 22.6 Å². The molecule has 1 amide bonds. The van der Waals surface area contributed by atoms with Crippen molar-refractivity contribution in [3.8, 4) is 0 Å². The predicted octanol–water partition coefficient (Wildman–Crippen LogP) is 2.79. The third-order valence-corrected chi connectivity index (χ3v) is 9.08. The van der Waals surface area contributed by atoms with Crippen molar-refractivity contribution in [3.05, 3.63) is 24.2 Å². The maximum Gasteiger partial charge on any atom is 0.233 e. The Bertz CT molecular complexity index is 923. The SMILES string of the molecule is O=C(CSc1nnc(NCc2ccco2)s1)N(C1CCCC1)C1CCS(=O)(=O)C1. The first-order valence-corrected chi connectivity index (χ1v) is 13.4. The second-order valence-corrected chi connectivity index (χ2v) is 11.8. The van der Waals surface area contributed by atoms with E-state index in [1.165, 1.54) is 23.1 Å². The van der Waals surface area contributed by atoms with Gasteiger partial charge in [-0.3, -0.25) is 4.79 Å². The van der Waals surface area contributed by atoms with Crippen molar-refractivity contribution >= 4 is 44.0 Å². The minimum Gasteiger partial charge on any atom is -0.467 e. The monoisotopic (exact) mass is 456 g/mol. The molecule has 1 aliphatic carbocycles. The van der Waals surface area contributed by atoms with E-state index in [9.17, 15) is 13.2 Å². The smallest absolute Gasteiger partial charge is 0.233 e. The van der Waals surface area contributed by atoms with Gasteiger partial charge in [0.2, 0.25) is 11.0 Å². The van der Waals surface area contributed by atoms with Gasteiger partial charge in [-0.05, 0) is 31.4 Å². The van der Waals surface area contributed by atoms with Crippen LogP contribution in [0.1, 0.15) is 37.9 Å². The fourth-order valence-corrected chi connectivity index (χ4v) is 7.32. The highest BCUT2D eigenvalue weighted by molar-refractivity contribution is 8.01. The molecule has 1 aliphatic heterocycles. The summed E-state index contributed by atoms with van der Waals surface area (Å²) < 4.78 is 29.9. The summed E-state index contributed by atoms with van der Waals surface area (Å²) in [7, 11) is -3.03. The van der Waals surface area contributed by atoms with Crippen molar-refractivity contribution in [2.45, 2.75) is 55.1 Å². The molecule has 3 heterocycles. The molecule has 2 aliphatic rings. The van der Waals surface area contributed by atoms with Gasteiger partial charge < -0.3 is 14.6 Å². The molecule has 0 bridgehead atoms. The van der Waals surface area contributed by atoms with E-state index in [2.05, 4.69) is 15.5 Å². The zero-order chi connectivity index (χ0) is 20.3. The number of anilines is 1. The summed E-state index contributed by atoms with van der Waals surface area (Å²) in [6, 6.07) is 3.69. The van der Waals surface area contributed by atoms with Crippen molar-refractivity contribution in [3.63, 3.8) is 0 Å². The fraction of sp³-hybridized carbons (Fsp3) is 0.611. The van der Waals surface area contributed by atoms with E-state index in [-0.39, 0.29) is 35.2 Å². The molecule has 0 aromatic carbocycles. The van der Waals surface area contributed by atoms with Crippen LogP contribution in [0.3, 0.4) is 0 Å². The Kier molecular flexibility index (Phi) is 6.45. The minimum absolute atomic E-state index is 0.00398. The molecular formula is C18H24N4O4S3. The van der Waals surface area contributed by atoms with Crippen LogP contribution in [0, 0.1) is 0 Å². The molecule has 2 aromatic rings. The van der Waals surface area contributed by atoms with E-state index in [1.54, 1.807) is 6.26 Å². The van der Waals surface area contributed by atoms with Crippen molar-refractivity contribution in [1.29, 1.82) is 0 Å². The third kappa shape index (κ3) is 5.32. The summed E-state index contributed by atoms with van der Waals surface area (Å²) in [6.45, 7) is 0.525. The second kappa shape index (κ2) is 9.05. The van der Waals surface area contributed by atoms with Crippen LogP contribution in [0.15, 0.2) is 27.2 Å². The van der Waals surface area contributed by atoms with Gasteiger partial charge in [0.15, 0.2) is 14.2 Å². The molecule has 1 saturated carbocycles. The maximum absolute atomic E-state index is 13.0. The van der Waals surface area contributed by atoms with Crippen molar-refractivity contribution < 1.29 is 17.6 Å². The van der Waals surface area contributed by atoms with Gasteiger partial charge in [0.1, 0.15) is 5.76 Å². The number of hydrogen-bond donors (Lipinski definition) is 1. The third-order valence-electron chi connectivity index (χ3n) is 5.33. The first-order valence-electron chi connectivity index (χ1n) is 9.74. The van der Waals surface area contributed by atoms with Gasteiger partial charge in [0.25, 0.3) is 0 Å². The zero-order valence-corrected chi connectivity index (χ0v) is 18.4. The predicted molar refractivity (Wildman–Crippen MR) is 113 cm³/mol. The second-order valence-electron chi connectivity index (χ2n) is 7.39. The molecule has 1 saturated heterocycles. The Hall–Kier alpha value is -1.59. The van der Waals surface area contributed by atoms with E-state index >= 15 is 0 Å². The molecule has 158 valence electrons. The lowest BCUT2D eigenvalue weighted by Crippen LogP contribution is -2.47. The number of furan rings is 1. The molecular weight excluding hydrogens is 432 g/mol. The van der Waals surface area contributed by atoms with Crippen LogP contribution in [0.2, 0.25) is 0 Å². The van der Waals surface area contributed by atoms with Crippen LogP contribution < -0.4 is 5.32 Å². The van der Waals surface area contributed by atoms with Crippen LogP contribution in [0.5, 0.6) is 0 Å². The lowest BCUT2D eigenvalue weighted by atomic mass is 10.1. The summed E-state index contributed by atoms with van der Waals surface area (Å²) in [4.78, 5) is 14.9. The minimum atomic E-state index is -3.03. The highest BCUT2D eigenvalue weighted by atomic mass is 32.2. The Balaban J connectivity index is 1.34. The van der Waals surface area contributed by atoms with Gasteiger partial charge in [-0.2, -0.15) is 0 Å². The Morgan fingerprint density at radius 1 is 1.28 bits per heavy atom. The number of sulfone groups is 1. The normalized spacial score (nSPS) is 21.4. The fourth-order valence-electron chi connectivity index (χ4n) is 4.00. The van der Waals surface area contributed by atoms with Crippen LogP contribution in [0.4, 0.5) is 5.13 Å². The average molecular weight is 457 g/mol. The van der Waals surface area contributed by atoms with Crippen LogP contribution in [0.25, 0.3) is 0 Å². The van der Waals surface area contributed by atoms with Crippen molar-refractivity contribution in [2.24, 2.45) is 0 Å². The number of hydrogen-bond acceptors (Lipinski definition) is 9. The highest BCUT2D eigenvalue weighted by Crippen LogP contribution is 2.31. The van der Waals surface area contributed by atoms with E-state index in [4.69, 9.17) is 4.42 Å². The lowest BCUT2D eigenvalue weighted by Gasteiger charge is -2.34. The van der Waals surface area contributed by atoms with Gasteiger partial charge in [0, 0.05) is 12.1 Å². The van der Waals surface area contributed by atoms with Crippen LogP contribution >= 0.6 is 23.1 Å². The highest BCUT2D eigenvalue weighted by Gasteiger charge is 2.38. The summed E-state index contributed by atoms with van der Waals surface area (Å²) in [6.07, 6.45) is 6.30. The van der Waals surface area contributed by atoms with E-state index in [1.807, 2.05) is 17.0 Å². The molecule has 11 heteroatoms. The molecule has 4 rings (SSSR count). The van der Waals surface area contributed by atoms with Gasteiger partial charge in [-0.25, -0.2) is 8.42 Å². The van der Waals surface area contributed by atoms with E-state index < -0.39 is 9.84 Å². The molecule has 2 aromatic heterocycles. The van der Waals surface area contributed by atoms with Gasteiger partial charge >= 0.3 is 0 Å². The Labute approximate surface area is 178 Å². The number of amides is 1. The summed E-state index contributed by atoms with van der Waals surface area (Å²) in [5, 5.41) is 12.1. The van der Waals surface area contributed by atoms with E-state index in [0.717, 1.165) is 31.4 Å². The number of rotatable bonds is 8. The Morgan fingerprint density at radius 3 is 2.79 bits per heavy atom. The molecule has 29 heavy (non-hydrogen) atoms. The molecule has 1 unspecified atom stereocenters. The van der Waals surface area contributed by atoms with E-state index in [0.29, 0.717) is 22.4 Å². The number of nitrogens with one attached hydrogen (secondary N) is 1. The molecule has 0 spiro atoms. The molecule has 1 N–H and O–H groups in total. The summed E-state index contributed by atoms with van der Waals surface area (Å²) in [5.74, 6) is 1.34. The standard InChI is InChI=1S/C18H24N4O4S3/c23-16(22(13-4-1-2-5-13)14-7-9-29(24,25)12-14)11-27-18-21-20-17(28-18)19-10-15-6-3-8-26-15/h3,6,8,13-14H,1-2,4-5,7,9-12H2,(H,19,20). The number of carbonyl (C=O) groups is 1. The summed E-state index contributed by atoms with van der Waals surface area (Å²) >= 11 is 2.75. The molecule has 0 radical (unpaired) electrons. The van der Waals surface area contributed by atoms with Gasteiger partial charge in [-0.1, -0.05) is 35.9 Å². The van der Waals surface area contributed by atoms with Gasteiger partial charge in [0.05, 0.1) is 30.1 Å². The quantitative estimate of drug-likeness (QED) is 0.605. The average Bonchev–Trinajstić information content (AvgIpc) is 3.47. The van der Waals surface area contributed by atoms with Crippen LogP contribution in [-0.4, -0.2) is 58.8 Å². The Morgan fingerprint density at radius 2 is 2.10 bits per heavy atom. The van der Waals surface area contributed by atoms with Gasteiger partial charge in [-0.15, -0.1) is 10.2 Å². The number of carbonyl (C=O) groups excluding carboxylic acids is 1. The number of thioether (sulfide) groups is 1. The molecule has 2 fully saturated rings. The van der Waals surface area contributed by atoms with Crippen molar-refractivity contribution in [1.82, 2.24) is 15.1 Å². The largest absolute Gasteiger partial charge is 0.467 e. The first kappa shape index (κ1) is 20.7. The lowest BCUT2D eigenvalue weighted by molar-refractivity contribution is -0.132. The topological polar surface area (TPSA) is 105 Å².